The van der Waals surface area contributed by atoms with E-state index in [1.54, 1.807) is 12.2 Å². The molecule has 1 aliphatic heterocycles. The fourth-order valence-corrected chi connectivity index (χ4v) is 2.15. The predicted molar refractivity (Wildman–Crippen MR) is 101 cm³/mol. The molecule has 0 unspecified atom stereocenters. The van der Waals surface area contributed by atoms with E-state index < -0.39 is 11.9 Å². The summed E-state index contributed by atoms with van der Waals surface area (Å²) in [5, 5.41) is 0. The molecular formula is C21H17ClO3. The van der Waals surface area contributed by atoms with Crippen LogP contribution < -0.4 is 0 Å². The first-order valence-electron chi connectivity index (χ1n) is 7.60. The fraction of sp³-hybridized carbons (Fsp3) is 0.0476. The Morgan fingerprint density at radius 3 is 2.12 bits per heavy atom. The highest BCUT2D eigenvalue weighted by molar-refractivity contribution is 6.17. The van der Waals surface area contributed by atoms with E-state index in [9.17, 15) is 9.59 Å². The number of ether oxygens (including phenoxy) is 1. The van der Waals surface area contributed by atoms with Crippen molar-refractivity contribution in [2.75, 3.05) is 0 Å². The molecule has 0 N–H and O–H groups in total. The van der Waals surface area contributed by atoms with E-state index in [4.69, 9.17) is 11.6 Å². The first kappa shape index (κ1) is 18.4. The number of benzene rings is 2. The number of esters is 2. The molecule has 3 rings (SSSR count). The number of hydrogen-bond acceptors (Lipinski definition) is 3. The maximum absolute atomic E-state index is 11.0. The number of halogens is 1. The van der Waals surface area contributed by atoms with Crippen LogP contribution in [0.15, 0.2) is 78.9 Å². The Morgan fingerprint density at radius 2 is 1.60 bits per heavy atom. The minimum absolute atomic E-state index is 0.281. The first-order valence-corrected chi connectivity index (χ1v) is 8.14. The van der Waals surface area contributed by atoms with Crippen LogP contribution in [-0.4, -0.2) is 11.9 Å². The molecule has 126 valence electrons. The van der Waals surface area contributed by atoms with Gasteiger partial charge in [0, 0.05) is 12.0 Å². The van der Waals surface area contributed by atoms with Crippen molar-refractivity contribution in [3.63, 3.8) is 0 Å². The number of hydrogen-bond donors (Lipinski definition) is 0. The van der Waals surface area contributed by atoms with Crippen molar-refractivity contribution in [1.29, 1.82) is 0 Å². The molecule has 1 aliphatic rings. The van der Waals surface area contributed by atoms with Crippen LogP contribution in [-0.2, 0) is 20.2 Å². The molecule has 0 saturated heterocycles. The fourth-order valence-electron chi connectivity index (χ4n) is 1.97. The molecule has 0 atom stereocenters. The summed E-state index contributed by atoms with van der Waals surface area (Å²) in [5.74, 6) is -0.614. The third-order valence-corrected chi connectivity index (χ3v) is 3.64. The summed E-state index contributed by atoms with van der Waals surface area (Å²) in [6, 6.07) is 17.5. The van der Waals surface area contributed by atoms with E-state index in [1.165, 1.54) is 6.08 Å². The molecule has 4 heteroatoms. The number of carbonyl (C=O) groups excluding carboxylic acids is 2. The summed E-state index contributed by atoms with van der Waals surface area (Å²) in [5.41, 5.74) is 3.52. The molecule has 0 saturated carbocycles. The zero-order valence-electron chi connectivity index (χ0n) is 13.5. The van der Waals surface area contributed by atoms with Crippen LogP contribution in [0.1, 0.15) is 16.7 Å². The van der Waals surface area contributed by atoms with Crippen molar-refractivity contribution >= 4 is 35.7 Å². The Balaban J connectivity index is 0.000000196. The van der Waals surface area contributed by atoms with Gasteiger partial charge in [0.25, 0.3) is 0 Å². The number of carbonyl (C=O) groups is 2. The Morgan fingerprint density at radius 1 is 0.920 bits per heavy atom. The highest BCUT2D eigenvalue weighted by Gasteiger charge is 2.20. The zero-order chi connectivity index (χ0) is 18.1. The molecule has 0 radical (unpaired) electrons. The molecule has 3 nitrogen and oxygen atoms in total. The summed E-state index contributed by atoms with van der Waals surface area (Å²) < 4.78 is 4.34. The van der Waals surface area contributed by atoms with Gasteiger partial charge in [-0.15, -0.1) is 11.6 Å². The van der Waals surface area contributed by atoms with Gasteiger partial charge >= 0.3 is 11.9 Å². The number of cyclic esters (lactones) is 2. The van der Waals surface area contributed by atoms with Crippen LogP contribution in [0.2, 0.25) is 0 Å². The van der Waals surface area contributed by atoms with Crippen LogP contribution in [0, 0.1) is 0 Å². The maximum atomic E-state index is 11.0. The van der Waals surface area contributed by atoms with Crippen molar-refractivity contribution in [2.45, 2.75) is 5.88 Å². The summed E-state index contributed by atoms with van der Waals surface area (Å²) in [6.45, 7) is 3.65. The molecule has 0 aliphatic carbocycles. The van der Waals surface area contributed by atoms with Gasteiger partial charge in [0.05, 0.1) is 5.57 Å². The van der Waals surface area contributed by atoms with Crippen molar-refractivity contribution in [3.8, 4) is 0 Å². The van der Waals surface area contributed by atoms with Crippen LogP contribution in [0.25, 0.3) is 12.2 Å². The zero-order valence-corrected chi connectivity index (χ0v) is 14.3. The molecule has 0 bridgehead atoms. The quantitative estimate of drug-likeness (QED) is 0.452. The first-order chi connectivity index (χ1) is 12.1. The van der Waals surface area contributed by atoms with Crippen molar-refractivity contribution in [3.05, 3.63) is 95.6 Å². The maximum Gasteiger partial charge on any atom is 0.346 e. The van der Waals surface area contributed by atoms with Crippen LogP contribution >= 0.6 is 11.6 Å². The van der Waals surface area contributed by atoms with E-state index in [-0.39, 0.29) is 5.57 Å². The van der Waals surface area contributed by atoms with Gasteiger partial charge in [-0.3, -0.25) is 0 Å². The third-order valence-electron chi connectivity index (χ3n) is 3.33. The second kappa shape index (κ2) is 9.40. The Hall–Kier alpha value is -2.91. The lowest BCUT2D eigenvalue weighted by atomic mass is 10.1. The molecule has 0 fully saturated rings. The molecule has 2 aromatic rings. The van der Waals surface area contributed by atoms with Gasteiger partial charge in [-0.25, -0.2) is 9.59 Å². The van der Waals surface area contributed by atoms with Gasteiger partial charge in [0.2, 0.25) is 0 Å². The standard InChI is InChI=1S/C12H8O3.C9H9Cl/c13-11-8-10(12(14)15-11)7-6-9-4-2-1-3-5-9;1-2-8-3-5-9(7-10)6-4-8/h1-8H;2-6H,1,7H2. The van der Waals surface area contributed by atoms with Gasteiger partial charge in [-0.05, 0) is 22.8 Å². The Labute approximate surface area is 151 Å². The minimum atomic E-state index is -0.604. The average Bonchev–Trinajstić information content (AvgIpc) is 2.98. The lowest BCUT2D eigenvalue weighted by Crippen LogP contribution is -2.00. The Kier molecular flexibility index (Phi) is 6.93. The largest absolute Gasteiger partial charge is 0.386 e. The second-order valence-corrected chi connectivity index (χ2v) is 5.40. The van der Waals surface area contributed by atoms with Crippen molar-refractivity contribution in [1.82, 2.24) is 0 Å². The summed E-state index contributed by atoms with van der Waals surface area (Å²) in [6.07, 6.45) is 6.33. The van der Waals surface area contributed by atoms with Gasteiger partial charge in [-0.2, -0.15) is 0 Å². The Bertz CT molecular complexity index is 803. The lowest BCUT2D eigenvalue weighted by Gasteiger charge is -1.94. The van der Waals surface area contributed by atoms with E-state index in [1.807, 2.05) is 60.7 Å². The van der Waals surface area contributed by atoms with Gasteiger partial charge in [0.15, 0.2) is 0 Å². The highest BCUT2D eigenvalue weighted by Crippen LogP contribution is 2.12. The molecular weight excluding hydrogens is 336 g/mol. The normalized spacial score (nSPS) is 13.1. The number of rotatable bonds is 4. The highest BCUT2D eigenvalue weighted by atomic mass is 35.5. The van der Waals surface area contributed by atoms with Crippen LogP contribution in [0.5, 0.6) is 0 Å². The third kappa shape index (κ3) is 5.90. The SMILES string of the molecule is C=Cc1ccc(CCl)cc1.O=C1C=C(C=Cc2ccccc2)C(=O)O1. The minimum Gasteiger partial charge on any atom is -0.386 e. The topological polar surface area (TPSA) is 43.4 Å². The van der Waals surface area contributed by atoms with Crippen molar-refractivity contribution in [2.24, 2.45) is 0 Å². The molecule has 0 spiro atoms. The van der Waals surface area contributed by atoms with Gasteiger partial charge < -0.3 is 4.74 Å². The average molecular weight is 353 g/mol. The predicted octanol–water partition coefficient (Wildman–Crippen LogP) is 4.78. The van der Waals surface area contributed by atoms with Gasteiger partial charge in [-0.1, -0.05) is 73.3 Å². The molecule has 2 aromatic carbocycles. The van der Waals surface area contributed by atoms with Crippen LogP contribution in [0.3, 0.4) is 0 Å². The summed E-state index contributed by atoms with van der Waals surface area (Å²) in [7, 11) is 0. The number of alkyl halides is 1. The smallest absolute Gasteiger partial charge is 0.346 e. The monoisotopic (exact) mass is 352 g/mol. The lowest BCUT2D eigenvalue weighted by molar-refractivity contribution is -0.150. The van der Waals surface area contributed by atoms with E-state index in [0.29, 0.717) is 5.88 Å². The van der Waals surface area contributed by atoms with E-state index in [0.717, 1.165) is 16.7 Å². The van der Waals surface area contributed by atoms with E-state index >= 15 is 0 Å². The molecule has 25 heavy (non-hydrogen) atoms. The second-order valence-electron chi connectivity index (χ2n) is 5.13. The van der Waals surface area contributed by atoms with E-state index in [2.05, 4.69) is 11.3 Å². The molecule has 1 heterocycles. The summed E-state index contributed by atoms with van der Waals surface area (Å²) >= 11 is 5.60. The van der Waals surface area contributed by atoms with Crippen LogP contribution in [0.4, 0.5) is 0 Å². The molecule has 0 aromatic heterocycles. The molecule has 0 amide bonds. The summed E-state index contributed by atoms with van der Waals surface area (Å²) in [4.78, 5) is 21.8. The van der Waals surface area contributed by atoms with Crippen molar-refractivity contribution < 1.29 is 14.3 Å². The van der Waals surface area contributed by atoms with Gasteiger partial charge in [0.1, 0.15) is 0 Å².